The minimum atomic E-state index is -1.25. The van der Waals surface area contributed by atoms with Crippen molar-refractivity contribution in [2.45, 2.75) is 42.6 Å². The van der Waals surface area contributed by atoms with Crippen LogP contribution in [0.25, 0.3) is 0 Å². The molecule has 3 rings (SSSR count). The Kier molecular flexibility index (Phi) is 3.80. The predicted octanol–water partition coefficient (Wildman–Crippen LogP) is 4.35. The Morgan fingerprint density at radius 2 is 1.60 bits per heavy atom. The van der Waals surface area contributed by atoms with Gasteiger partial charge in [-0.25, -0.2) is 13.2 Å². The summed E-state index contributed by atoms with van der Waals surface area (Å²) in [5.74, 6) is -4.02. The highest BCUT2D eigenvalue weighted by Gasteiger charge is 2.36. The number of thioether (sulfide) groups is 1. The molecule has 2 unspecified atom stereocenters. The Morgan fingerprint density at radius 1 is 1.00 bits per heavy atom. The molecule has 20 heavy (non-hydrogen) atoms. The molecule has 0 amide bonds. The zero-order chi connectivity index (χ0) is 14.3. The zero-order valence-electron chi connectivity index (χ0n) is 10.9. The van der Waals surface area contributed by atoms with E-state index >= 15 is 0 Å². The van der Waals surface area contributed by atoms with Crippen molar-refractivity contribution < 1.29 is 18.0 Å². The molecule has 2 aliphatic heterocycles. The second-order valence-electron chi connectivity index (χ2n) is 5.59. The third-order valence-corrected chi connectivity index (χ3v) is 5.80. The van der Waals surface area contributed by atoms with Crippen molar-refractivity contribution in [2.24, 2.45) is 5.92 Å². The molecule has 2 heterocycles. The molecule has 0 N–H and O–H groups in total. The van der Waals surface area contributed by atoms with Crippen LogP contribution in [0.15, 0.2) is 12.1 Å². The number of hydrogen-bond donors (Lipinski definition) is 0. The number of carbonyl (C=O) groups is 1. The largest absolute Gasteiger partial charge is 0.294 e. The number of rotatable bonds is 2. The highest BCUT2D eigenvalue weighted by molar-refractivity contribution is 8.00. The van der Waals surface area contributed by atoms with Crippen molar-refractivity contribution in [3.8, 4) is 0 Å². The van der Waals surface area contributed by atoms with Crippen molar-refractivity contribution in [3.63, 3.8) is 0 Å². The van der Waals surface area contributed by atoms with Crippen LogP contribution in [-0.4, -0.2) is 16.3 Å². The quantitative estimate of drug-likeness (QED) is 0.596. The number of halogens is 3. The van der Waals surface area contributed by atoms with Gasteiger partial charge < -0.3 is 0 Å². The summed E-state index contributed by atoms with van der Waals surface area (Å²) in [5.41, 5.74) is -0.307. The fourth-order valence-electron chi connectivity index (χ4n) is 3.20. The number of Topliss-reactive ketones (excluding diaryl/α,β-unsaturated/α-hetero) is 1. The van der Waals surface area contributed by atoms with Crippen LogP contribution in [0.4, 0.5) is 13.2 Å². The van der Waals surface area contributed by atoms with Crippen molar-refractivity contribution >= 4 is 17.5 Å². The van der Waals surface area contributed by atoms with Crippen LogP contribution in [0.1, 0.15) is 42.5 Å². The lowest BCUT2D eigenvalue weighted by molar-refractivity contribution is 0.0892. The smallest absolute Gasteiger partial charge is 0.169 e. The van der Waals surface area contributed by atoms with Crippen molar-refractivity contribution in [3.05, 3.63) is 35.1 Å². The van der Waals surface area contributed by atoms with Gasteiger partial charge in [0.05, 0.1) is 5.56 Å². The maximum Gasteiger partial charge on any atom is 0.169 e. The van der Waals surface area contributed by atoms with Gasteiger partial charge in [-0.15, -0.1) is 0 Å². The molecule has 0 spiro atoms. The Morgan fingerprint density at radius 3 is 2.25 bits per heavy atom. The van der Waals surface area contributed by atoms with Gasteiger partial charge in [0.2, 0.25) is 0 Å². The highest BCUT2D eigenvalue weighted by atomic mass is 32.2. The lowest BCUT2D eigenvalue weighted by Gasteiger charge is -2.37. The second-order valence-corrected chi connectivity index (χ2v) is 7.20. The predicted molar refractivity (Wildman–Crippen MR) is 72.4 cm³/mol. The first-order chi connectivity index (χ1) is 9.54. The van der Waals surface area contributed by atoms with Crippen LogP contribution in [0.5, 0.6) is 0 Å². The van der Waals surface area contributed by atoms with Gasteiger partial charge in [0, 0.05) is 22.5 Å². The number of hydrogen-bond acceptors (Lipinski definition) is 2. The van der Waals surface area contributed by atoms with Gasteiger partial charge in [-0.2, -0.15) is 11.8 Å². The fraction of sp³-hybridized carbons (Fsp3) is 0.533. The van der Waals surface area contributed by atoms with Crippen LogP contribution in [0, 0.1) is 23.4 Å². The van der Waals surface area contributed by atoms with Crippen LogP contribution in [0.3, 0.4) is 0 Å². The number of fused-ring (bicyclic) bond motifs is 2. The first kappa shape index (κ1) is 14.0. The Bertz CT molecular complexity index is 534. The van der Waals surface area contributed by atoms with Crippen molar-refractivity contribution in [1.82, 2.24) is 0 Å². The third kappa shape index (κ3) is 2.60. The first-order valence-corrected chi connectivity index (χ1v) is 7.83. The van der Waals surface area contributed by atoms with E-state index in [1.54, 1.807) is 0 Å². The molecule has 2 fully saturated rings. The van der Waals surface area contributed by atoms with E-state index in [4.69, 9.17) is 0 Å². The van der Waals surface area contributed by atoms with Crippen LogP contribution in [-0.2, 0) is 0 Å². The molecule has 0 aliphatic carbocycles. The van der Waals surface area contributed by atoms with Crippen LogP contribution >= 0.6 is 11.8 Å². The summed E-state index contributed by atoms with van der Waals surface area (Å²) in [6.07, 6.45) is 4.80. The maximum absolute atomic E-state index is 13.7. The van der Waals surface area contributed by atoms with Gasteiger partial charge in [-0.3, -0.25) is 4.79 Å². The molecule has 2 aliphatic rings. The Balaban J connectivity index is 1.84. The second kappa shape index (κ2) is 5.43. The third-order valence-electron chi connectivity index (χ3n) is 4.18. The monoisotopic (exact) mass is 300 g/mol. The van der Waals surface area contributed by atoms with Crippen LogP contribution in [0.2, 0.25) is 0 Å². The number of benzene rings is 1. The van der Waals surface area contributed by atoms with E-state index in [0.29, 0.717) is 22.6 Å². The van der Waals surface area contributed by atoms with E-state index in [2.05, 4.69) is 0 Å². The lowest BCUT2D eigenvalue weighted by atomic mass is 9.84. The standard InChI is InChI=1S/C15H15F3OS/c16-12-7-14(18)13(17)6-11(12)15(19)8-4-9-2-1-3-10(5-8)20-9/h6-10H,1-5H2. The molecule has 1 aromatic carbocycles. The summed E-state index contributed by atoms with van der Waals surface area (Å²) in [6, 6.07) is 1.16. The van der Waals surface area contributed by atoms with Gasteiger partial charge in [0.25, 0.3) is 0 Å². The first-order valence-electron chi connectivity index (χ1n) is 6.89. The van der Waals surface area contributed by atoms with E-state index < -0.39 is 17.5 Å². The van der Waals surface area contributed by atoms with E-state index in [-0.39, 0.29) is 17.3 Å². The van der Waals surface area contributed by atoms with E-state index in [1.165, 1.54) is 6.42 Å². The molecule has 0 saturated carbocycles. The van der Waals surface area contributed by atoms with Crippen LogP contribution < -0.4 is 0 Å². The van der Waals surface area contributed by atoms with E-state index in [9.17, 15) is 18.0 Å². The molecular weight excluding hydrogens is 285 g/mol. The minimum Gasteiger partial charge on any atom is -0.294 e. The SMILES string of the molecule is O=C(c1cc(F)c(F)cc1F)C1CC2CCCC(C1)S2. The normalized spacial score (nSPS) is 29.2. The average molecular weight is 300 g/mol. The molecule has 0 radical (unpaired) electrons. The van der Waals surface area contributed by atoms with E-state index in [1.807, 2.05) is 11.8 Å². The fourth-order valence-corrected chi connectivity index (χ4v) is 5.04. The van der Waals surface area contributed by atoms with Gasteiger partial charge in [-0.1, -0.05) is 6.42 Å². The molecule has 1 nitrogen and oxygen atoms in total. The summed E-state index contributed by atoms with van der Waals surface area (Å²) in [4.78, 5) is 12.4. The average Bonchev–Trinajstić information content (AvgIpc) is 2.41. The maximum atomic E-state index is 13.7. The van der Waals surface area contributed by atoms with Gasteiger partial charge in [0.15, 0.2) is 17.4 Å². The Labute approximate surface area is 119 Å². The Hall–Kier alpha value is -0.970. The molecular formula is C15H15F3OS. The molecule has 1 aromatic rings. The van der Waals surface area contributed by atoms with Gasteiger partial charge in [-0.05, 0) is 31.7 Å². The summed E-state index contributed by atoms with van der Waals surface area (Å²) in [7, 11) is 0. The van der Waals surface area contributed by atoms with Gasteiger partial charge >= 0.3 is 0 Å². The van der Waals surface area contributed by atoms with Crippen molar-refractivity contribution in [1.29, 1.82) is 0 Å². The summed E-state index contributed by atoms with van der Waals surface area (Å²) in [6.45, 7) is 0. The molecule has 2 atom stereocenters. The lowest BCUT2D eigenvalue weighted by Crippen LogP contribution is -2.33. The minimum absolute atomic E-state index is 0.258. The number of ketones is 1. The molecule has 108 valence electrons. The van der Waals surface area contributed by atoms with Gasteiger partial charge in [0.1, 0.15) is 5.82 Å². The highest BCUT2D eigenvalue weighted by Crippen LogP contribution is 2.44. The molecule has 5 heteroatoms. The zero-order valence-corrected chi connectivity index (χ0v) is 11.7. The summed E-state index contributed by atoms with van der Waals surface area (Å²) >= 11 is 1.92. The van der Waals surface area contributed by atoms with E-state index in [0.717, 1.165) is 25.7 Å². The molecule has 2 bridgehead atoms. The molecule has 0 aromatic heterocycles. The van der Waals surface area contributed by atoms with Crippen molar-refractivity contribution in [2.75, 3.05) is 0 Å². The summed E-state index contributed by atoms with van der Waals surface area (Å²) in [5, 5.41) is 0.898. The molecule has 2 saturated heterocycles. The number of carbonyl (C=O) groups excluding carboxylic acids is 1. The topological polar surface area (TPSA) is 17.1 Å². The summed E-state index contributed by atoms with van der Waals surface area (Å²) < 4.78 is 39.8.